The fourth-order valence-electron chi connectivity index (χ4n) is 2.04. The molecule has 2 aromatic heterocycles. The fourth-order valence-corrected chi connectivity index (χ4v) is 2.99. The van der Waals surface area contributed by atoms with Gasteiger partial charge in [0.2, 0.25) is 0 Å². The van der Waals surface area contributed by atoms with Crippen molar-refractivity contribution in [1.29, 1.82) is 0 Å². The molecule has 18 heavy (non-hydrogen) atoms. The molecule has 90 valence electrons. The Morgan fingerprint density at radius 1 is 1.17 bits per heavy atom. The van der Waals surface area contributed by atoms with Crippen LogP contribution in [-0.2, 0) is 0 Å². The number of nitrogens with zero attached hydrogens (tertiary/aromatic N) is 1. The van der Waals surface area contributed by atoms with E-state index in [1.807, 2.05) is 29.6 Å². The van der Waals surface area contributed by atoms with Crippen LogP contribution in [0.15, 0.2) is 48.0 Å². The SMILES string of the molecule is NC(c1ncccc1F)c1cccc2ccsc12. The third-order valence-electron chi connectivity index (χ3n) is 2.93. The molecule has 3 aromatic rings. The van der Waals surface area contributed by atoms with Crippen LogP contribution in [0.5, 0.6) is 0 Å². The normalized spacial score (nSPS) is 12.8. The van der Waals surface area contributed by atoms with E-state index in [1.165, 1.54) is 6.07 Å². The Morgan fingerprint density at radius 3 is 2.89 bits per heavy atom. The third-order valence-corrected chi connectivity index (χ3v) is 3.91. The monoisotopic (exact) mass is 258 g/mol. The van der Waals surface area contributed by atoms with E-state index < -0.39 is 6.04 Å². The molecule has 0 radical (unpaired) electrons. The number of fused-ring (bicyclic) bond motifs is 1. The van der Waals surface area contributed by atoms with Crippen molar-refractivity contribution >= 4 is 21.4 Å². The molecule has 0 bridgehead atoms. The summed E-state index contributed by atoms with van der Waals surface area (Å²) in [5.41, 5.74) is 7.35. The average Bonchev–Trinajstić information content (AvgIpc) is 2.86. The summed E-state index contributed by atoms with van der Waals surface area (Å²) in [6, 6.07) is 10.3. The Balaban J connectivity index is 2.15. The van der Waals surface area contributed by atoms with Gasteiger partial charge in [0.05, 0.1) is 11.7 Å². The lowest BCUT2D eigenvalue weighted by atomic mass is 10.0. The second-order valence-corrected chi connectivity index (χ2v) is 4.95. The Bertz CT molecular complexity index is 693. The van der Waals surface area contributed by atoms with Crippen molar-refractivity contribution in [2.24, 2.45) is 5.73 Å². The molecule has 0 spiro atoms. The third kappa shape index (κ3) is 1.79. The van der Waals surface area contributed by atoms with Crippen LogP contribution in [0.2, 0.25) is 0 Å². The van der Waals surface area contributed by atoms with E-state index in [-0.39, 0.29) is 5.82 Å². The summed E-state index contributed by atoms with van der Waals surface area (Å²) in [5, 5.41) is 3.14. The molecule has 0 aliphatic rings. The molecule has 0 saturated heterocycles. The van der Waals surface area contributed by atoms with Crippen molar-refractivity contribution in [3.63, 3.8) is 0 Å². The standard InChI is InChI=1S/C14H11FN2S/c15-11-5-2-7-17-13(11)12(16)10-4-1-3-9-6-8-18-14(9)10/h1-8,12H,16H2. The molecule has 0 amide bonds. The van der Waals surface area contributed by atoms with E-state index in [0.717, 1.165) is 15.6 Å². The largest absolute Gasteiger partial charge is 0.319 e. The van der Waals surface area contributed by atoms with Gasteiger partial charge in [0, 0.05) is 10.9 Å². The Kier molecular flexibility index (Phi) is 2.81. The number of hydrogen-bond acceptors (Lipinski definition) is 3. The lowest BCUT2D eigenvalue weighted by molar-refractivity contribution is 0.587. The van der Waals surface area contributed by atoms with Crippen molar-refractivity contribution in [1.82, 2.24) is 4.98 Å². The molecule has 4 heteroatoms. The summed E-state index contributed by atoms with van der Waals surface area (Å²) < 4.78 is 14.8. The smallest absolute Gasteiger partial charge is 0.146 e. The molecule has 2 N–H and O–H groups in total. The number of benzene rings is 1. The predicted molar refractivity (Wildman–Crippen MR) is 72.1 cm³/mol. The molecular weight excluding hydrogens is 247 g/mol. The maximum absolute atomic E-state index is 13.7. The van der Waals surface area contributed by atoms with Gasteiger partial charge < -0.3 is 5.73 Å². The van der Waals surface area contributed by atoms with Gasteiger partial charge >= 0.3 is 0 Å². The van der Waals surface area contributed by atoms with Crippen LogP contribution in [0.3, 0.4) is 0 Å². The van der Waals surface area contributed by atoms with Gasteiger partial charge in [-0.05, 0) is 34.5 Å². The number of rotatable bonds is 2. The molecule has 3 rings (SSSR count). The van der Waals surface area contributed by atoms with Crippen molar-refractivity contribution in [2.45, 2.75) is 6.04 Å². The van der Waals surface area contributed by atoms with Crippen LogP contribution >= 0.6 is 11.3 Å². The first-order valence-electron chi connectivity index (χ1n) is 5.59. The highest BCUT2D eigenvalue weighted by Gasteiger charge is 2.17. The van der Waals surface area contributed by atoms with Gasteiger partial charge in [0.25, 0.3) is 0 Å². The predicted octanol–water partition coefficient (Wildman–Crippen LogP) is 3.48. The van der Waals surface area contributed by atoms with E-state index in [4.69, 9.17) is 5.73 Å². The number of pyridine rings is 1. The van der Waals surface area contributed by atoms with Crippen LogP contribution in [0.4, 0.5) is 4.39 Å². The minimum Gasteiger partial charge on any atom is -0.319 e. The highest BCUT2D eigenvalue weighted by molar-refractivity contribution is 7.17. The molecule has 1 atom stereocenters. The quantitative estimate of drug-likeness (QED) is 0.764. The molecule has 2 nitrogen and oxygen atoms in total. The Hall–Kier alpha value is -1.78. The number of halogens is 1. The number of nitrogens with two attached hydrogens (primary N) is 1. The Morgan fingerprint density at radius 2 is 2.06 bits per heavy atom. The Labute approximate surface area is 108 Å². The van der Waals surface area contributed by atoms with E-state index in [1.54, 1.807) is 23.6 Å². The summed E-state index contributed by atoms with van der Waals surface area (Å²) >= 11 is 1.61. The van der Waals surface area contributed by atoms with Crippen molar-refractivity contribution < 1.29 is 4.39 Å². The van der Waals surface area contributed by atoms with Gasteiger partial charge in [-0.3, -0.25) is 4.98 Å². The lowest BCUT2D eigenvalue weighted by Crippen LogP contribution is -2.15. The number of thiophene rings is 1. The topological polar surface area (TPSA) is 38.9 Å². The summed E-state index contributed by atoms with van der Waals surface area (Å²) in [6.07, 6.45) is 1.56. The number of hydrogen-bond donors (Lipinski definition) is 1. The van der Waals surface area contributed by atoms with Gasteiger partial charge in [-0.2, -0.15) is 0 Å². The maximum Gasteiger partial charge on any atom is 0.146 e. The van der Waals surface area contributed by atoms with Gasteiger partial charge in [-0.1, -0.05) is 18.2 Å². The second-order valence-electron chi connectivity index (χ2n) is 4.03. The van der Waals surface area contributed by atoms with E-state index in [0.29, 0.717) is 5.69 Å². The van der Waals surface area contributed by atoms with Gasteiger partial charge in [-0.15, -0.1) is 11.3 Å². The summed E-state index contributed by atoms with van der Waals surface area (Å²) in [7, 11) is 0. The summed E-state index contributed by atoms with van der Waals surface area (Å²) in [4.78, 5) is 4.05. The molecule has 0 aliphatic heterocycles. The maximum atomic E-state index is 13.7. The highest BCUT2D eigenvalue weighted by atomic mass is 32.1. The molecular formula is C14H11FN2S. The number of aromatic nitrogens is 1. The first-order valence-corrected chi connectivity index (χ1v) is 6.47. The minimum atomic E-state index is -0.534. The van der Waals surface area contributed by atoms with E-state index in [9.17, 15) is 4.39 Å². The molecule has 1 unspecified atom stereocenters. The summed E-state index contributed by atoms with van der Waals surface area (Å²) in [5.74, 6) is -0.362. The summed E-state index contributed by atoms with van der Waals surface area (Å²) in [6.45, 7) is 0. The fraction of sp³-hybridized carbons (Fsp3) is 0.0714. The van der Waals surface area contributed by atoms with Crippen LogP contribution < -0.4 is 5.73 Å². The molecule has 2 heterocycles. The minimum absolute atomic E-state index is 0.290. The molecule has 0 saturated carbocycles. The van der Waals surface area contributed by atoms with Gasteiger partial charge in [0.15, 0.2) is 0 Å². The zero-order valence-electron chi connectivity index (χ0n) is 9.51. The van der Waals surface area contributed by atoms with Gasteiger partial charge in [-0.25, -0.2) is 4.39 Å². The highest BCUT2D eigenvalue weighted by Crippen LogP contribution is 2.31. The molecule has 1 aromatic carbocycles. The van der Waals surface area contributed by atoms with Crippen molar-refractivity contribution in [2.75, 3.05) is 0 Å². The van der Waals surface area contributed by atoms with E-state index >= 15 is 0 Å². The first kappa shape index (κ1) is 11.3. The van der Waals surface area contributed by atoms with Crippen LogP contribution in [0.1, 0.15) is 17.3 Å². The van der Waals surface area contributed by atoms with Gasteiger partial charge in [0.1, 0.15) is 5.82 Å². The lowest BCUT2D eigenvalue weighted by Gasteiger charge is -2.13. The van der Waals surface area contributed by atoms with Crippen LogP contribution in [0, 0.1) is 5.82 Å². The van der Waals surface area contributed by atoms with E-state index in [2.05, 4.69) is 4.98 Å². The zero-order chi connectivity index (χ0) is 12.5. The first-order chi connectivity index (χ1) is 8.77. The average molecular weight is 258 g/mol. The molecule has 0 aliphatic carbocycles. The zero-order valence-corrected chi connectivity index (χ0v) is 10.3. The van der Waals surface area contributed by atoms with Crippen molar-refractivity contribution in [3.8, 4) is 0 Å². The van der Waals surface area contributed by atoms with Crippen LogP contribution in [-0.4, -0.2) is 4.98 Å². The van der Waals surface area contributed by atoms with Crippen LogP contribution in [0.25, 0.3) is 10.1 Å². The molecule has 0 fully saturated rings. The second kappa shape index (κ2) is 4.48. The van der Waals surface area contributed by atoms with Crippen molar-refractivity contribution in [3.05, 3.63) is 65.0 Å².